The lowest BCUT2D eigenvalue weighted by molar-refractivity contribution is -0.105. The van der Waals surface area contributed by atoms with Crippen LogP contribution in [0.5, 0.6) is 0 Å². The monoisotopic (exact) mass is 280 g/mol. The van der Waals surface area contributed by atoms with E-state index in [-0.39, 0.29) is 5.60 Å². The summed E-state index contributed by atoms with van der Waals surface area (Å²) in [5.41, 5.74) is 0.284. The standard InChI is InChI=1S/C17H32N2O/c1-18-10-4-15-5-11-19(12-6-15)16-7-13-20-17(14-16)8-2-3-9-17/h15-16,18H,2-14H2,1H3. The first kappa shape index (κ1) is 14.8. The maximum absolute atomic E-state index is 6.19. The van der Waals surface area contributed by atoms with Gasteiger partial charge < -0.3 is 15.0 Å². The van der Waals surface area contributed by atoms with Crippen LogP contribution in [0.1, 0.15) is 57.8 Å². The number of likely N-dealkylation sites (tertiary alicyclic amines) is 1. The van der Waals surface area contributed by atoms with E-state index in [1.165, 1.54) is 77.4 Å². The molecule has 1 atom stereocenters. The highest BCUT2D eigenvalue weighted by molar-refractivity contribution is 4.95. The van der Waals surface area contributed by atoms with Gasteiger partial charge in [0.05, 0.1) is 5.60 Å². The van der Waals surface area contributed by atoms with Crippen molar-refractivity contribution in [2.75, 3.05) is 33.3 Å². The summed E-state index contributed by atoms with van der Waals surface area (Å²) in [5.74, 6) is 0.957. The second-order valence-corrected chi connectivity index (χ2v) is 7.26. The molecule has 3 rings (SSSR count). The summed E-state index contributed by atoms with van der Waals surface area (Å²) in [4.78, 5) is 2.79. The van der Waals surface area contributed by atoms with E-state index in [0.29, 0.717) is 0 Å². The lowest BCUT2D eigenvalue weighted by atomic mass is 9.86. The third-order valence-corrected chi connectivity index (χ3v) is 5.95. The largest absolute Gasteiger partial charge is 0.375 e. The summed E-state index contributed by atoms with van der Waals surface area (Å²) >= 11 is 0. The smallest absolute Gasteiger partial charge is 0.0697 e. The summed E-state index contributed by atoms with van der Waals surface area (Å²) in [6, 6.07) is 0.812. The van der Waals surface area contributed by atoms with Crippen LogP contribution in [-0.4, -0.2) is 49.8 Å². The fraction of sp³-hybridized carbons (Fsp3) is 1.00. The van der Waals surface area contributed by atoms with E-state index < -0.39 is 0 Å². The van der Waals surface area contributed by atoms with Crippen molar-refractivity contribution in [1.82, 2.24) is 10.2 Å². The van der Waals surface area contributed by atoms with Crippen LogP contribution in [0.4, 0.5) is 0 Å². The van der Waals surface area contributed by atoms with Gasteiger partial charge in [-0.1, -0.05) is 12.8 Å². The van der Waals surface area contributed by atoms with Crippen molar-refractivity contribution in [3.8, 4) is 0 Å². The fourth-order valence-electron chi connectivity index (χ4n) is 4.64. The van der Waals surface area contributed by atoms with E-state index in [1.54, 1.807) is 0 Å². The molecule has 1 aliphatic carbocycles. The van der Waals surface area contributed by atoms with E-state index in [2.05, 4.69) is 17.3 Å². The second-order valence-electron chi connectivity index (χ2n) is 7.26. The van der Waals surface area contributed by atoms with Crippen molar-refractivity contribution in [2.45, 2.75) is 69.4 Å². The van der Waals surface area contributed by atoms with Crippen molar-refractivity contribution in [1.29, 1.82) is 0 Å². The maximum atomic E-state index is 6.19. The molecule has 1 spiro atoms. The number of hydrogen-bond donors (Lipinski definition) is 1. The Bertz CT molecular complexity index is 293. The van der Waals surface area contributed by atoms with Gasteiger partial charge in [-0.25, -0.2) is 0 Å². The zero-order valence-electron chi connectivity index (χ0n) is 13.2. The molecule has 3 heteroatoms. The van der Waals surface area contributed by atoms with Gasteiger partial charge in [0, 0.05) is 12.6 Å². The molecule has 0 amide bonds. The molecule has 0 aromatic heterocycles. The van der Waals surface area contributed by atoms with Crippen molar-refractivity contribution < 1.29 is 4.74 Å². The van der Waals surface area contributed by atoms with Crippen LogP contribution in [0, 0.1) is 5.92 Å². The molecule has 3 aliphatic rings. The van der Waals surface area contributed by atoms with Gasteiger partial charge in [0.1, 0.15) is 0 Å². The number of ether oxygens (including phenoxy) is 1. The molecule has 1 N–H and O–H groups in total. The number of piperidine rings is 1. The zero-order valence-corrected chi connectivity index (χ0v) is 13.2. The van der Waals surface area contributed by atoms with Gasteiger partial charge >= 0.3 is 0 Å². The number of nitrogens with one attached hydrogen (secondary N) is 1. The Kier molecular flexibility index (Phi) is 5.00. The fourth-order valence-corrected chi connectivity index (χ4v) is 4.64. The Morgan fingerprint density at radius 1 is 1.15 bits per heavy atom. The Balaban J connectivity index is 1.48. The Labute approximate surface area is 124 Å². The Morgan fingerprint density at radius 3 is 2.60 bits per heavy atom. The highest BCUT2D eigenvalue weighted by Crippen LogP contribution is 2.41. The van der Waals surface area contributed by atoms with Gasteiger partial charge in [0.2, 0.25) is 0 Å². The molecule has 2 aliphatic heterocycles. The molecule has 0 radical (unpaired) electrons. The number of rotatable bonds is 4. The summed E-state index contributed by atoms with van der Waals surface area (Å²) in [7, 11) is 2.07. The van der Waals surface area contributed by atoms with Crippen LogP contribution in [0.15, 0.2) is 0 Å². The van der Waals surface area contributed by atoms with Crippen molar-refractivity contribution >= 4 is 0 Å². The lowest BCUT2D eigenvalue weighted by Crippen LogP contribution is -2.50. The van der Waals surface area contributed by atoms with E-state index in [0.717, 1.165) is 18.6 Å². The third kappa shape index (κ3) is 3.37. The van der Waals surface area contributed by atoms with E-state index in [1.807, 2.05) is 0 Å². The average Bonchev–Trinajstić information content (AvgIpc) is 2.93. The molecule has 2 heterocycles. The maximum Gasteiger partial charge on any atom is 0.0697 e. The molecule has 20 heavy (non-hydrogen) atoms. The van der Waals surface area contributed by atoms with Gasteiger partial charge in [-0.2, -0.15) is 0 Å². The summed E-state index contributed by atoms with van der Waals surface area (Å²) in [6.45, 7) is 4.85. The van der Waals surface area contributed by atoms with Crippen LogP contribution in [0.2, 0.25) is 0 Å². The molecular weight excluding hydrogens is 248 g/mol. The van der Waals surface area contributed by atoms with Crippen LogP contribution < -0.4 is 5.32 Å². The van der Waals surface area contributed by atoms with Crippen LogP contribution >= 0.6 is 0 Å². The minimum absolute atomic E-state index is 0.284. The van der Waals surface area contributed by atoms with E-state index in [4.69, 9.17) is 4.74 Å². The first-order valence-electron chi connectivity index (χ1n) is 8.84. The molecule has 3 fully saturated rings. The lowest BCUT2D eigenvalue weighted by Gasteiger charge is -2.45. The van der Waals surface area contributed by atoms with Gasteiger partial charge in [-0.3, -0.25) is 0 Å². The molecular formula is C17H32N2O. The van der Waals surface area contributed by atoms with Gasteiger partial charge in [0.25, 0.3) is 0 Å². The predicted octanol–water partition coefficient (Wildman–Crippen LogP) is 2.80. The summed E-state index contributed by atoms with van der Waals surface area (Å²) in [5, 5.41) is 3.29. The van der Waals surface area contributed by atoms with Crippen LogP contribution in [0.3, 0.4) is 0 Å². The molecule has 3 nitrogen and oxygen atoms in total. The third-order valence-electron chi connectivity index (χ3n) is 5.95. The number of nitrogens with zero attached hydrogens (tertiary/aromatic N) is 1. The highest BCUT2D eigenvalue weighted by Gasteiger charge is 2.41. The first-order valence-corrected chi connectivity index (χ1v) is 8.84. The molecule has 116 valence electrons. The molecule has 1 unspecified atom stereocenters. The minimum Gasteiger partial charge on any atom is -0.375 e. The minimum atomic E-state index is 0.284. The van der Waals surface area contributed by atoms with Gasteiger partial charge in [-0.05, 0) is 77.5 Å². The summed E-state index contributed by atoms with van der Waals surface area (Å²) < 4.78 is 6.19. The van der Waals surface area contributed by atoms with E-state index >= 15 is 0 Å². The molecule has 0 bridgehead atoms. The molecule has 2 saturated heterocycles. The average molecular weight is 280 g/mol. The Morgan fingerprint density at radius 2 is 1.90 bits per heavy atom. The topological polar surface area (TPSA) is 24.5 Å². The SMILES string of the molecule is CNCCC1CCN(C2CCOC3(CCCC3)C2)CC1. The quantitative estimate of drug-likeness (QED) is 0.857. The molecule has 0 aromatic rings. The van der Waals surface area contributed by atoms with Crippen molar-refractivity contribution in [3.63, 3.8) is 0 Å². The summed E-state index contributed by atoms with van der Waals surface area (Å²) in [6.07, 6.45) is 12.2. The van der Waals surface area contributed by atoms with Crippen molar-refractivity contribution in [3.05, 3.63) is 0 Å². The Hall–Kier alpha value is -0.120. The second kappa shape index (κ2) is 6.76. The van der Waals surface area contributed by atoms with Gasteiger partial charge in [-0.15, -0.1) is 0 Å². The predicted molar refractivity (Wildman–Crippen MR) is 83.0 cm³/mol. The van der Waals surface area contributed by atoms with Crippen LogP contribution in [-0.2, 0) is 4.74 Å². The molecule has 1 saturated carbocycles. The first-order chi connectivity index (χ1) is 9.81. The van der Waals surface area contributed by atoms with E-state index in [9.17, 15) is 0 Å². The normalized spacial score (nSPS) is 31.9. The number of hydrogen-bond acceptors (Lipinski definition) is 3. The molecule has 0 aromatic carbocycles. The van der Waals surface area contributed by atoms with Crippen molar-refractivity contribution in [2.24, 2.45) is 5.92 Å². The van der Waals surface area contributed by atoms with Crippen LogP contribution in [0.25, 0.3) is 0 Å². The van der Waals surface area contributed by atoms with Gasteiger partial charge in [0.15, 0.2) is 0 Å². The highest BCUT2D eigenvalue weighted by atomic mass is 16.5. The zero-order chi connectivity index (χ0) is 13.8.